The second-order valence-corrected chi connectivity index (χ2v) is 8.54. The minimum absolute atomic E-state index is 0.0434. The Morgan fingerprint density at radius 3 is 2.63 bits per heavy atom. The van der Waals surface area contributed by atoms with Crippen molar-refractivity contribution in [2.75, 3.05) is 38.0 Å². The number of para-hydroxylation sites is 1. The average molecular weight is 403 g/mol. The van der Waals surface area contributed by atoms with Crippen LogP contribution in [0, 0.1) is 0 Å². The summed E-state index contributed by atoms with van der Waals surface area (Å²) in [6.07, 6.45) is 0. The van der Waals surface area contributed by atoms with Gasteiger partial charge in [-0.25, -0.2) is 4.98 Å². The van der Waals surface area contributed by atoms with Gasteiger partial charge >= 0.3 is 0 Å². The van der Waals surface area contributed by atoms with Gasteiger partial charge in [-0.1, -0.05) is 29.8 Å². The number of amides is 1. The van der Waals surface area contributed by atoms with E-state index in [0.29, 0.717) is 11.6 Å². The SMILES string of the molecule is O=C(C[NH+]1CC[NH+](Cc2nc3ccccc3s2)CC1)Nc1cccc(Cl)c1. The molecule has 0 atom stereocenters. The van der Waals surface area contributed by atoms with Crippen molar-refractivity contribution in [1.82, 2.24) is 4.98 Å². The molecular formula is C20H23ClN4OS+2. The number of thiazole rings is 1. The Hall–Kier alpha value is -1.99. The summed E-state index contributed by atoms with van der Waals surface area (Å²) >= 11 is 7.76. The van der Waals surface area contributed by atoms with Gasteiger partial charge in [0, 0.05) is 10.7 Å². The standard InChI is InChI=1S/C20H21ClN4OS/c21-15-4-3-5-16(12-15)22-19(26)13-24-8-10-25(11-9-24)14-20-23-17-6-1-2-7-18(17)27-20/h1-7,12H,8-11,13-14H2,(H,22,26)/p+2. The molecule has 0 aliphatic carbocycles. The number of carbonyl (C=O) groups excluding carboxylic acids is 1. The van der Waals surface area contributed by atoms with E-state index in [1.54, 1.807) is 28.4 Å². The monoisotopic (exact) mass is 402 g/mol. The van der Waals surface area contributed by atoms with E-state index in [4.69, 9.17) is 16.6 Å². The van der Waals surface area contributed by atoms with E-state index in [0.717, 1.165) is 43.9 Å². The predicted octanol–water partition coefficient (Wildman–Crippen LogP) is 0.872. The first-order chi connectivity index (χ1) is 13.2. The predicted molar refractivity (Wildman–Crippen MR) is 110 cm³/mol. The fraction of sp³-hybridized carbons (Fsp3) is 0.300. The molecule has 2 heterocycles. The number of piperazine rings is 1. The first-order valence-corrected chi connectivity index (χ1v) is 10.4. The van der Waals surface area contributed by atoms with E-state index < -0.39 is 0 Å². The Labute approximate surface area is 167 Å². The van der Waals surface area contributed by atoms with Crippen molar-refractivity contribution in [3.8, 4) is 0 Å². The molecule has 7 heteroatoms. The second-order valence-electron chi connectivity index (χ2n) is 6.99. The van der Waals surface area contributed by atoms with Crippen molar-refractivity contribution < 1.29 is 14.6 Å². The number of anilines is 1. The zero-order valence-electron chi connectivity index (χ0n) is 15.0. The number of carbonyl (C=O) groups is 1. The largest absolute Gasteiger partial charge is 0.321 e. The number of nitrogens with zero attached hydrogens (tertiary/aromatic N) is 1. The molecule has 0 bridgehead atoms. The molecule has 1 aromatic heterocycles. The summed E-state index contributed by atoms with van der Waals surface area (Å²) < 4.78 is 1.26. The Morgan fingerprint density at radius 2 is 1.85 bits per heavy atom. The Balaban J connectivity index is 1.25. The molecule has 3 aromatic rings. The summed E-state index contributed by atoms with van der Waals surface area (Å²) in [7, 11) is 0. The van der Waals surface area contributed by atoms with E-state index in [1.165, 1.54) is 14.6 Å². The minimum Gasteiger partial charge on any atom is -0.321 e. The maximum Gasteiger partial charge on any atom is 0.279 e. The second kappa shape index (κ2) is 8.35. The van der Waals surface area contributed by atoms with Crippen molar-refractivity contribution in [1.29, 1.82) is 0 Å². The maximum atomic E-state index is 12.3. The summed E-state index contributed by atoms with van der Waals surface area (Å²) in [6.45, 7) is 5.61. The molecule has 1 amide bonds. The van der Waals surface area contributed by atoms with Gasteiger partial charge in [0.05, 0.1) is 10.2 Å². The van der Waals surface area contributed by atoms with Gasteiger partial charge in [0.1, 0.15) is 37.7 Å². The molecule has 1 aliphatic rings. The number of benzene rings is 2. The summed E-state index contributed by atoms with van der Waals surface area (Å²) in [6, 6.07) is 15.6. The van der Waals surface area contributed by atoms with E-state index in [1.807, 2.05) is 18.2 Å². The number of halogens is 1. The molecule has 5 nitrogen and oxygen atoms in total. The topological polar surface area (TPSA) is 50.9 Å². The van der Waals surface area contributed by atoms with Crippen molar-refractivity contribution in [2.24, 2.45) is 0 Å². The molecule has 27 heavy (non-hydrogen) atoms. The van der Waals surface area contributed by atoms with Crippen molar-refractivity contribution in [3.63, 3.8) is 0 Å². The molecule has 1 saturated heterocycles. The van der Waals surface area contributed by atoms with Gasteiger partial charge in [-0.3, -0.25) is 4.79 Å². The molecule has 3 N–H and O–H groups in total. The Bertz CT molecular complexity index is 903. The van der Waals surface area contributed by atoms with Crippen LogP contribution in [-0.2, 0) is 11.3 Å². The van der Waals surface area contributed by atoms with E-state index in [2.05, 4.69) is 23.5 Å². The third kappa shape index (κ3) is 4.84. The van der Waals surface area contributed by atoms with Crippen LogP contribution in [0.3, 0.4) is 0 Å². The maximum absolute atomic E-state index is 12.3. The van der Waals surface area contributed by atoms with Gasteiger partial charge in [0.2, 0.25) is 0 Å². The molecule has 4 rings (SSSR count). The fourth-order valence-electron chi connectivity index (χ4n) is 3.52. The highest BCUT2D eigenvalue weighted by Crippen LogP contribution is 2.20. The average Bonchev–Trinajstić information content (AvgIpc) is 3.05. The normalized spacial score (nSPS) is 19.9. The smallest absolute Gasteiger partial charge is 0.279 e. The quantitative estimate of drug-likeness (QED) is 0.593. The van der Waals surface area contributed by atoms with Gasteiger partial charge < -0.3 is 15.1 Å². The van der Waals surface area contributed by atoms with Gasteiger partial charge in [-0.2, -0.15) is 0 Å². The van der Waals surface area contributed by atoms with Gasteiger partial charge in [0.25, 0.3) is 5.91 Å². The first kappa shape index (κ1) is 18.4. The number of nitrogens with one attached hydrogen (secondary N) is 3. The molecule has 140 valence electrons. The third-order valence-corrected chi connectivity index (χ3v) is 6.19. The lowest BCUT2D eigenvalue weighted by atomic mass is 10.3. The van der Waals surface area contributed by atoms with Crippen molar-refractivity contribution in [2.45, 2.75) is 6.54 Å². The fourth-order valence-corrected chi connectivity index (χ4v) is 4.75. The van der Waals surface area contributed by atoms with E-state index in [9.17, 15) is 4.79 Å². The number of quaternary nitrogens is 2. The van der Waals surface area contributed by atoms with Gasteiger partial charge in [0.15, 0.2) is 6.54 Å². The highest BCUT2D eigenvalue weighted by atomic mass is 35.5. The number of hydrogen-bond donors (Lipinski definition) is 3. The van der Waals surface area contributed by atoms with E-state index in [-0.39, 0.29) is 5.91 Å². The summed E-state index contributed by atoms with van der Waals surface area (Å²) in [5.41, 5.74) is 1.85. The number of hydrogen-bond acceptors (Lipinski definition) is 3. The lowest BCUT2D eigenvalue weighted by molar-refractivity contribution is -1.01. The van der Waals surface area contributed by atoms with Crippen LogP contribution in [0.15, 0.2) is 48.5 Å². The third-order valence-electron chi connectivity index (χ3n) is 4.92. The minimum atomic E-state index is 0.0434. The number of aromatic nitrogens is 1. The first-order valence-electron chi connectivity index (χ1n) is 9.23. The van der Waals surface area contributed by atoms with E-state index >= 15 is 0 Å². The van der Waals surface area contributed by atoms with Gasteiger partial charge in [-0.15, -0.1) is 11.3 Å². The lowest BCUT2D eigenvalue weighted by Crippen LogP contribution is -3.28. The highest BCUT2D eigenvalue weighted by Gasteiger charge is 2.25. The Kier molecular flexibility index (Phi) is 5.69. The molecule has 2 aromatic carbocycles. The molecule has 0 radical (unpaired) electrons. The van der Waals surface area contributed by atoms with Crippen LogP contribution in [0.25, 0.3) is 10.2 Å². The lowest BCUT2D eigenvalue weighted by Gasteiger charge is -2.28. The Morgan fingerprint density at radius 1 is 1.07 bits per heavy atom. The molecular weight excluding hydrogens is 380 g/mol. The van der Waals surface area contributed by atoms with Crippen LogP contribution in [0.2, 0.25) is 5.02 Å². The number of fused-ring (bicyclic) bond motifs is 1. The molecule has 0 unspecified atom stereocenters. The van der Waals surface area contributed by atoms with Crippen molar-refractivity contribution >= 4 is 44.7 Å². The molecule has 1 aliphatic heterocycles. The molecule has 0 spiro atoms. The van der Waals surface area contributed by atoms with Crippen LogP contribution < -0.4 is 15.1 Å². The van der Waals surface area contributed by atoms with Crippen LogP contribution in [0.4, 0.5) is 5.69 Å². The zero-order chi connectivity index (χ0) is 18.6. The van der Waals surface area contributed by atoms with Crippen molar-refractivity contribution in [3.05, 3.63) is 58.6 Å². The molecule has 1 fully saturated rings. The summed E-state index contributed by atoms with van der Waals surface area (Å²) in [4.78, 5) is 19.9. The summed E-state index contributed by atoms with van der Waals surface area (Å²) in [5, 5.41) is 4.77. The summed E-state index contributed by atoms with van der Waals surface area (Å²) in [5.74, 6) is 0.0434. The number of rotatable bonds is 5. The van der Waals surface area contributed by atoms with Crippen LogP contribution in [-0.4, -0.2) is 43.6 Å². The van der Waals surface area contributed by atoms with Gasteiger partial charge in [-0.05, 0) is 30.3 Å². The van der Waals surface area contributed by atoms with Crippen LogP contribution in [0.1, 0.15) is 5.01 Å². The van der Waals surface area contributed by atoms with Crippen LogP contribution >= 0.6 is 22.9 Å². The zero-order valence-corrected chi connectivity index (χ0v) is 16.6. The molecule has 0 saturated carbocycles. The van der Waals surface area contributed by atoms with Crippen LogP contribution in [0.5, 0.6) is 0 Å². The highest BCUT2D eigenvalue weighted by molar-refractivity contribution is 7.18.